The van der Waals surface area contributed by atoms with E-state index in [-0.39, 0.29) is 18.7 Å². The first-order chi connectivity index (χ1) is 14.3. The lowest BCUT2D eigenvalue weighted by Gasteiger charge is -2.23. The molecule has 0 unspecified atom stereocenters. The normalized spacial score (nSPS) is 12.9. The molecule has 0 aliphatic rings. The summed E-state index contributed by atoms with van der Waals surface area (Å²) in [4.78, 5) is 39.3. The summed E-state index contributed by atoms with van der Waals surface area (Å²) in [5, 5.41) is 15.8. The molecule has 0 radical (unpaired) electrons. The number of carboxylic acid groups (broad SMARTS) is 1. The Bertz CT molecular complexity index is 1060. The number of fused-ring (bicyclic) bond motifs is 1. The number of carboxylic acids is 1. The Balaban J connectivity index is 1.83. The van der Waals surface area contributed by atoms with E-state index in [1.165, 1.54) is 6.92 Å². The summed E-state index contributed by atoms with van der Waals surface area (Å²) in [5.41, 5.74) is 3.57. The minimum absolute atomic E-state index is 0.255. The lowest BCUT2D eigenvalue weighted by atomic mass is 10.00. The Kier molecular flexibility index (Phi) is 6.51. The number of benzene rings is 2. The van der Waals surface area contributed by atoms with Gasteiger partial charge in [0.25, 0.3) is 0 Å². The molecular weight excluding hydrogens is 382 g/mol. The van der Waals surface area contributed by atoms with Gasteiger partial charge in [-0.25, -0.2) is 0 Å². The lowest BCUT2D eigenvalue weighted by Crippen LogP contribution is -2.48. The first-order valence-corrected chi connectivity index (χ1v) is 9.74. The van der Waals surface area contributed by atoms with E-state index in [0.717, 1.165) is 22.0 Å². The average molecular weight is 407 g/mol. The van der Waals surface area contributed by atoms with Gasteiger partial charge in [-0.1, -0.05) is 48.0 Å². The molecule has 156 valence electrons. The molecule has 2 amide bonds. The Hall–Kier alpha value is -3.61. The number of aromatic amines is 1. The van der Waals surface area contributed by atoms with Gasteiger partial charge in [-0.15, -0.1) is 0 Å². The molecule has 7 nitrogen and oxygen atoms in total. The molecule has 0 saturated carbocycles. The van der Waals surface area contributed by atoms with Crippen molar-refractivity contribution in [1.29, 1.82) is 0 Å². The molecule has 0 bridgehead atoms. The number of para-hydroxylation sites is 1. The number of aryl methyl sites for hydroxylation is 1. The van der Waals surface area contributed by atoms with E-state index < -0.39 is 24.0 Å². The number of nitrogens with one attached hydrogen (secondary N) is 3. The second kappa shape index (κ2) is 9.26. The van der Waals surface area contributed by atoms with E-state index in [4.69, 9.17) is 0 Å². The van der Waals surface area contributed by atoms with Crippen LogP contribution in [0.15, 0.2) is 54.7 Å². The van der Waals surface area contributed by atoms with Crippen molar-refractivity contribution in [2.75, 3.05) is 0 Å². The average Bonchev–Trinajstić information content (AvgIpc) is 3.10. The monoisotopic (exact) mass is 407 g/mol. The van der Waals surface area contributed by atoms with Crippen molar-refractivity contribution in [3.63, 3.8) is 0 Å². The Morgan fingerprint density at radius 2 is 1.73 bits per heavy atom. The molecule has 0 saturated heterocycles. The maximum atomic E-state index is 13.0. The molecule has 0 aliphatic carbocycles. The zero-order valence-corrected chi connectivity index (χ0v) is 16.9. The van der Waals surface area contributed by atoms with E-state index in [9.17, 15) is 19.5 Å². The highest BCUT2D eigenvalue weighted by molar-refractivity contribution is 5.89. The summed E-state index contributed by atoms with van der Waals surface area (Å²) in [5.74, 6) is -1.78. The van der Waals surface area contributed by atoms with Crippen LogP contribution in [0.25, 0.3) is 10.9 Å². The van der Waals surface area contributed by atoms with Crippen LogP contribution < -0.4 is 10.6 Å². The highest BCUT2D eigenvalue weighted by Crippen LogP contribution is 2.21. The SMILES string of the molecule is CC(=O)N[C@H](Cc1c[nH]c2ccccc12)C(=O)N[C@H](CC(=O)O)c1ccc(C)cc1. The molecule has 2 atom stereocenters. The lowest BCUT2D eigenvalue weighted by molar-refractivity contribution is -0.138. The highest BCUT2D eigenvalue weighted by atomic mass is 16.4. The zero-order valence-electron chi connectivity index (χ0n) is 16.9. The van der Waals surface area contributed by atoms with E-state index in [1.54, 1.807) is 12.1 Å². The number of aliphatic carboxylic acids is 1. The molecule has 0 spiro atoms. The number of hydrogen-bond acceptors (Lipinski definition) is 3. The summed E-state index contributed by atoms with van der Waals surface area (Å²) in [6.45, 7) is 3.28. The number of rotatable bonds is 8. The Morgan fingerprint density at radius 1 is 1.03 bits per heavy atom. The van der Waals surface area contributed by atoms with Gasteiger partial charge >= 0.3 is 5.97 Å². The van der Waals surface area contributed by atoms with Gasteiger partial charge < -0.3 is 20.7 Å². The molecular formula is C23H25N3O4. The van der Waals surface area contributed by atoms with Gasteiger partial charge in [-0.3, -0.25) is 14.4 Å². The smallest absolute Gasteiger partial charge is 0.305 e. The fraction of sp³-hybridized carbons (Fsp3) is 0.261. The van der Waals surface area contributed by atoms with E-state index >= 15 is 0 Å². The summed E-state index contributed by atoms with van der Waals surface area (Å²) in [7, 11) is 0. The number of H-pyrrole nitrogens is 1. The Morgan fingerprint density at radius 3 is 2.40 bits per heavy atom. The summed E-state index contributed by atoms with van der Waals surface area (Å²) < 4.78 is 0. The summed E-state index contributed by atoms with van der Waals surface area (Å²) >= 11 is 0. The third kappa shape index (κ3) is 5.26. The highest BCUT2D eigenvalue weighted by Gasteiger charge is 2.25. The van der Waals surface area contributed by atoms with Crippen LogP contribution in [0.1, 0.15) is 36.1 Å². The van der Waals surface area contributed by atoms with E-state index in [1.807, 2.05) is 49.5 Å². The van der Waals surface area contributed by atoms with Crippen molar-refractivity contribution in [3.8, 4) is 0 Å². The summed E-state index contributed by atoms with van der Waals surface area (Å²) in [6.07, 6.45) is 1.85. The fourth-order valence-electron chi connectivity index (χ4n) is 3.47. The molecule has 7 heteroatoms. The number of carbonyl (C=O) groups excluding carboxylic acids is 2. The standard InChI is InChI=1S/C23H25N3O4/c1-14-7-9-16(10-8-14)20(12-22(28)29)26-23(30)21(25-15(2)27)11-17-13-24-19-6-4-3-5-18(17)19/h3-10,13,20-21,24H,11-12H2,1-2H3,(H,25,27)(H,26,30)(H,28,29)/t20-,21-/m1/s1. The van der Waals surface area contributed by atoms with Crippen molar-refractivity contribution in [3.05, 3.63) is 71.4 Å². The maximum Gasteiger partial charge on any atom is 0.305 e. The molecule has 3 aromatic rings. The molecule has 1 aromatic heterocycles. The van der Waals surface area contributed by atoms with Gasteiger partial charge in [0.2, 0.25) is 11.8 Å². The first kappa shape index (κ1) is 21.1. The van der Waals surface area contributed by atoms with E-state index in [0.29, 0.717) is 5.56 Å². The Labute approximate surface area is 174 Å². The van der Waals surface area contributed by atoms with Crippen LogP contribution in [0, 0.1) is 6.92 Å². The number of carbonyl (C=O) groups is 3. The van der Waals surface area contributed by atoms with Gasteiger partial charge in [0.15, 0.2) is 0 Å². The van der Waals surface area contributed by atoms with Gasteiger partial charge in [0.05, 0.1) is 12.5 Å². The second-order valence-corrected chi connectivity index (χ2v) is 7.39. The molecule has 3 rings (SSSR count). The van der Waals surface area contributed by atoms with Crippen LogP contribution in [0.3, 0.4) is 0 Å². The molecule has 0 fully saturated rings. The molecule has 1 heterocycles. The fourth-order valence-corrected chi connectivity index (χ4v) is 3.47. The molecule has 2 aromatic carbocycles. The zero-order chi connectivity index (χ0) is 21.7. The van der Waals surface area contributed by atoms with Crippen LogP contribution in [0.5, 0.6) is 0 Å². The molecule has 30 heavy (non-hydrogen) atoms. The van der Waals surface area contributed by atoms with Crippen LogP contribution in [0.2, 0.25) is 0 Å². The molecule has 0 aliphatic heterocycles. The van der Waals surface area contributed by atoms with Gasteiger partial charge in [0, 0.05) is 30.4 Å². The molecule has 4 N–H and O–H groups in total. The minimum atomic E-state index is -1.02. The quantitative estimate of drug-likeness (QED) is 0.460. The van der Waals surface area contributed by atoms with Crippen molar-refractivity contribution in [2.45, 2.75) is 38.8 Å². The van der Waals surface area contributed by atoms with E-state index in [2.05, 4.69) is 15.6 Å². The third-order valence-electron chi connectivity index (χ3n) is 4.97. The number of aromatic nitrogens is 1. The first-order valence-electron chi connectivity index (χ1n) is 9.74. The second-order valence-electron chi connectivity index (χ2n) is 7.39. The van der Waals surface area contributed by atoms with Crippen LogP contribution >= 0.6 is 0 Å². The maximum absolute atomic E-state index is 13.0. The predicted molar refractivity (Wildman–Crippen MR) is 114 cm³/mol. The van der Waals surface area contributed by atoms with Crippen LogP contribution in [-0.2, 0) is 20.8 Å². The third-order valence-corrected chi connectivity index (χ3v) is 4.97. The number of hydrogen-bond donors (Lipinski definition) is 4. The van der Waals surface area contributed by atoms with Crippen LogP contribution in [0.4, 0.5) is 0 Å². The predicted octanol–water partition coefficient (Wildman–Crippen LogP) is 2.86. The topological polar surface area (TPSA) is 111 Å². The number of amides is 2. The minimum Gasteiger partial charge on any atom is -0.481 e. The van der Waals surface area contributed by atoms with Crippen molar-refractivity contribution >= 4 is 28.7 Å². The van der Waals surface area contributed by atoms with Crippen molar-refractivity contribution in [2.24, 2.45) is 0 Å². The summed E-state index contributed by atoms with van der Waals surface area (Å²) in [6, 6.07) is 13.5. The van der Waals surface area contributed by atoms with Gasteiger partial charge in [-0.2, -0.15) is 0 Å². The van der Waals surface area contributed by atoms with Gasteiger partial charge in [0.1, 0.15) is 6.04 Å². The van der Waals surface area contributed by atoms with Gasteiger partial charge in [-0.05, 0) is 24.1 Å². The van der Waals surface area contributed by atoms with Crippen LogP contribution in [-0.4, -0.2) is 33.9 Å². The largest absolute Gasteiger partial charge is 0.481 e. The van der Waals surface area contributed by atoms with Crippen molar-refractivity contribution < 1.29 is 19.5 Å². The van der Waals surface area contributed by atoms with Crippen molar-refractivity contribution in [1.82, 2.24) is 15.6 Å².